The zero-order chi connectivity index (χ0) is 22.8. The average molecular weight is 439 g/mol. The maximum Gasteiger partial charge on any atom is 0.337 e. The Morgan fingerprint density at radius 1 is 1.16 bits per heavy atom. The Labute approximate surface area is 181 Å². The smallest absolute Gasteiger partial charge is 0.337 e. The molecule has 4 rings (SSSR count). The molecular formula is C23H19F2N3O4. The number of carbonyl (C=O) groups excluding carboxylic acids is 1. The van der Waals surface area contributed by atoms with Gasteiger partial charge >= 0.3 is 5.97 Å². The zero-order valence-corrected chi connectivity index (χ0v) is 17.3. The molecule has 4 aromatic rings. The van der Waals surface area contributed by atoms with E-state index < -0.39 is 23.2 Å². The Morgan fingerprint density at radius 2 is 1.91 bits per heavy atom. The molecule has 0 atom stereocenters. The molecule has 0 spiro atoms. The van der Waals surface area contributed by atoms with Gasteiger partial charge < -0.3 is 14.1 Å². The Morgan fingerprint density at radius 3 is 2.53 bits per heavy atom. The van der Waals surface area contributed by atoms with E-state index in [9.17, 15) is 18.4 Å². The van der Waals surface area contributed by atoms with Crippen molar-refractivity contribution in [3.05, 3.63) is 88.1 Å². The molecule has 0 aliphatic rings. The molecule has 0 saturated carbocycles. The summed E-state index contributed by atoms with van der Waals surface area (Å²) in [6.07, 6.45) is 1.52. The fourth-order valence-corrected chi connectivity index (χ4v) is 3.45. The fourth-order valence-electron chi connectivity index (χ4n) is 3.45. The van der Waals surface area contributed by atoms with Crippen molar-refractivity contribution in [1.29, 1.82) is 0 Å². The van der Waals surface area contributed by atoms with Gasteiger partial charge in [0.2, 0.25) is 5.95 Å². The lowest BCUT2D eigenvalue weighted by atomic mass is 10.1. The number of aromatic nitrogens is 2. The molecule has 0 N–H and O–H groups in total. The molecule has 0 unspecified atom stereocenters. The van der Waals surface area contributed by atoms with Crippen molar-refractivity contribution in [2.45, 2.75) is 13.5 Å². The van der Waals surface area contributed by atoms with Gasteiger partial charge in [0.15, 0.2) is 0 Å². The van der Waals surface area contributed by atoms with Crippen LogP contribution in [0.5, 0.6) is 0 Å². The number of halogens is 2. The highest BCUT2D eigenvalue weighted by atomic mass is 19.1. The number of ether oxygens (including phenoxy) is 1. The van der Waals surface area contributed by atoms with Crippen LogP contribution in [-0.4, -0.2) is 29.2 Å². The molecular weight excluding hydrogens is 420 g/mol. The van der Waals surface area contributed by atoms with Gasteiger partial charge in [0.25, 0.3) is 5.56 Å². The van der Waals surface area contributed by atoms with Crippen molar-refractivity contribution in [3.63, 3.8) is 0 Å². The van der Waals surface area contributed by atoms with Gasteiger partial charge in [-0.15, -0.1) is 0 Å². The number of anilines is 1. The molecule has 0 radical (unpaired) electrons. The van der Waals surface area contributed by atoms with Crippen LogP contribution >= 0.6 is 0 Å². The molecule has 0 aliphatic carbocycles. The molecule has 9 heteroatoms. The number of benzene rings is 2. The minimum Gasteiger partial charge on any atom is -0.467 e. The SMILES string of the molecule is CCN(Cc1ccco1)c1nc2cc(C(=O)OC)ccc2c(=O)n1-c1cc(F)cc(F)c1. The van der Waals surface area contributed by atoms with Crippen LogP contribution in [0.4, 0.5) is 14.7 Å². The third kappa shape index (κ3) is 3.96. The molecule has 2 aromatic carbocycles. The number of furan rings is 1. The van der Waals surface area contributed by atoms with Crippen molar-refractivity contribution < 1.29 is 22.7 Å². The number of nitrogens with zero attached hydrogens (tertiary/aromatic N) is 3. The Hall–Kier alpha value is -4.01. The van der Waals surface area contributed by atoms with Crippen molar-refractivity contribution in [3.8, 4) is 5.69 Å². The highest BCUT2D eigenvalue weighted by Crippen LogP contribution is 2.23. The van der Waals surface area contributed by atoms with E-state index in [2.05, 4.69) is 4.98 Å². The van der Waals surface area contributed by atoms with Crippen LogP contribution in [0.25, 0.3) is 16.6 Å². The van der Waals surface area contributed by atoms with Gasteiger partial charge in [0.1, 0.15) is 17.4 Å². The van der Waals surface area contributed by atoms with E-state index in [0.717, 1.165) is 22.8 Å². The average Bonchev–Trinajstić information content (AvgIpc) is 3.29. The second-order valence-corrected chi connectivity index (χ2v) is 7.00. The molecule has 0 bridgehead atoms. The van der Waals surface area contributed by atoms with Crippen molar-refractivity contribution >= 4 is 22.8 Å². The zero-order valence-electron chi connectivity index (χ0n) is 17.3. The molecule has 0 fully saturated rings. The molecule has 2 aromatic heterocycles. The van der Waals surface area contributed by atoms with Gasteiger partial charge in [-0.3, -0.25) is 4.79 Å². The molecule has 7 nitrogen and oxygen atoms in total. The molecule has 0 saturated heterocycles. The summed E-state index contributed by atoms with van der Waals surface area (Å²) in [5.74, 6) is -1.47. The number of fused-ring (bicyclic) bond motifs is 1. The first-order valence-corrected chi connectivity index (χ1v) is 9.80. The standard InChI is InChI=1S/C23H19F2N3O4/c1-3-27(13-18-5-4-8-32-18)23-26-20-9-14(22(30)31-2)6-7-19(20)21(29)28(23)17-11-15(24)10-16(25)12-17/h4-12H,3,13H2,1-2H3. The highest BCUT2D eigenvalue weighted by Gasteiger charge is 2.20. The van der Waals surface area contributed by atoms with Gasteiger partial charge in [-0.2, -0.15) is 0 Å². The monoisotopic (exact) mass is 439 g/mol. The number of methoxy groups -OCH3 is 1. The van der Waals surface area contributed by atoms with Crippen LogP contribution in [-0.2, 0) is 11.3 Å². The predicted octanol–water partition coefficient (Wildman–Crippen LogP) is 4.07. The van der Waals surface area contributed by atoms with E-state index in [1.165, 1.54) is 31.6 Å². The normalized spacial score (nSPS) is 11.0. The lowest BCUT2D eigenvalue weighted by Gasteiger charge is -2.25. The molecule has 0 aliphatic heterocycles. The largest absolute Gasteiger partial charge is 0.467 e. The van der Waals surface area contributed by atoms with Crippen LogP contribution in [0.3, 0.4) is 0 Å². The topological polar surface area (TPSA) is 77.6 Å². The number of rotatable bonds is 6. The van der Waals surface area contributed by atoms with Gasteiger partial charge in [0, 0.05) is 12.6 Å². The van der Waals surface area contributed by atoms with Crippen LogP contribution in [0.2, 0.25) is 0 Å². The number of carbonyl (C=O) groups is 1. The third-order valence-corrected chi connectivity index (χ3v) is 4.97. The van der Waals surface area contributed by atoms with Crippen molar-refractivity contribution in [1.82, 2.24) is 9.55 Å². The molecule has 32 heavy (non-hydrogen) atoms. The maximum absolute atomic E-state index is 14.0. The summed E-state index contributed by atoms with van der Waals surface area (Å²) in [5.41, 5.74) is -0.0726. The summed E-state index contributed by atoms with van der Waals surface area (Å²) in [7, 11) is 1.25. The van der Waals surface area contributed by atoms with Crippen LogP contribution < -0.4 is 10.5 Å². The second kappa shape index (κ2) is 8.62. The van der Waals surface area contributed by atoms with E-state index in [1.807, 2.05) is 6.92 Å². The second-order valence-electron chi connectivity index (χ2n) is 7.00. The van der Waals surface area contributed by atoms with Crippen LogP contribution in [0.15, 0.2) is 64.0 Å². The lowest BCUT2D eigenvalue weighted by Crippen LogP contribution is -2.32. The number of esters is 1. The number of hydrogen-bond donors (Lipinski definition) is 0. The van der Waals surface area contributed by atoms with Crippen molar-refractivity contribution in [2.75, 3.05) is 18.6 Å². The third-order valence-electron chi connectivity index (χ3n) is 4.97. The minimum atomic E-state index is -0.826. The van der Waals surface area contributed by atoms with E-state index in [4.69, 9.17) is 9.15 Å². The predicted molar refractivity (Wildman–Crippen MR) is 114 cm³/mol. The van der Waals surface area contributed by atoms with Gasteiger partial charge in [-0.25, -0.2) is 23.1 Å². The van der Waals surface area contributed by atoms with Gasteiger partial charge in [-0.1, -0.05) is 0 Å². The Balaban J connectivity index is 2.00. The van der Waals surface area contributed by atoms with E-state index in [-0.39, 0.29) is 34.6 Å². The maximum atomic E-state index is 14.0. The number of hydrogen-bond acceptors (Lipinski definition) is 6. The summed E-state index contributed by atoms with van der Waals surface area (Å²) in [6, 6.07) is 10.7. The van der Waals surface area contributed by atoms with Gasteiger partial charge in [-0.05, 0) is 49.4 Å². The van der Waals surface area contributed by atoms with E-state index in [0.29, 0.717) is 12.3 Å². The van der Waals surface area contributed by atoms with E-state index in [1.54, 1.807) is 17.0 Å². The molecule has 164 valence electrons. The van der Waals surface area contributed by atoms with Crippen LogP contribution in [0.1, 0.15) is 23.0 Å². The summed E-state index contributed by atoms with van der Waals surface area (Å²) < 4.78 is 39.3. The molecule has 2 heterocycles. The summed E-state index contributed by atoms with van der Waals surface area (Å²) >= 11 is 0. The Kier molecular flexibility index (Phi) is 5.72. The van der Waals surface area contributed by atoms with Gasteiger partial charge in [0.05, 0.1) is 42.1 Å². The van der Waals surface area contributed by atoms with E-state index >= 15 is 0 Å². The first-order chi connectivity index (χ1) is 15.4. The van der Waals surface area contributed by atoms with Crippen LogP contribution in [0, 0.1) is 11.6 Å². The highest BCUT2D eigenvalue weighted by molar-refractivity contribution is 5.94. The summed E-state index contributed by atoms with van der Waals surface area (Å²) in [5, 5.41) is 0.181. The van der Waals surface area contributed by atoms with Crippen molar-refractivity contribution in [2.24, 2.45) is 0 Å². The molecule has 0 amide bonds. The fraction of sp³-hybridized carbons (Fsp3) is 0.174. The minimum absolute atomic E-state index is 0.00756. The lowest BCUT2D eigenvalue weighted by molar-refractivity contribution is 0.0601. The summed E-state index contributed by atoms with van der Waals surface area (Å²) in [4.78, 5) is 31.7. The first-order valence-electron chi connectivity index (χ1n) is 9.80. The first kappa shape index (κ1) is 21.2. The summed E-state index contributed by atoms with van der Waals surface area (Å²) in [6.45, 7) is 2.52. The quantitative estimate of drug-likeness (QED) is 0.422. The Bertz CT molecular complexity index is 1330.